The molecule has 0 unspecified atom stereocenters. The van der Waals surface area contributed by atoms with Crippen LogP contribution in [0.1, 0.15) is 20.3 Å². The van der Waals surface area contributed by atoms with E-state index in [0.29, 0.717) is 6.54 Å². The fraction of sp³-hybridized carbons (Fsp3) is 0.400. The summed E-state index contributed by atoms with van der Waals surface area (Å²) in [6.07, 6.45) is -0.939. The Kier molecular flexibility index (Phi) is 5.43. The number of esters is 1. The van der Waals surface area contributed by atoms with Crippen LogP contribution in [-0.4, -0.2) is 35.7 Å². The van der Waals surface area contributed by atoms with Gasteiger partial charge in [-0.25, -0.2) is 0 Å². The molecule has 0 fully saturated rings. The lowest BCUT2D eigenvalue weighted by Crippen LogP contribution is -2.37. The van der Waals surface area contributed by atoms with Gasteiger partial charge in [-0.05, 0) is 26.0 Å². The Bertz CT molecular complexity index is 591. The molecule has 1 aliphatic heterocycles. The fourth-order valence-corrected chi connectivity index (χ4v) is 3.09. The van der Waals surface area contributed by atoms with Crippen molar-refractivity contribution in [2.45, 2.75) is 36.5 Å². The highest BCUT2D eigenvalue weighted by molar-refractivity contribution is 8.01. The smallest absolute Gasteiger partial charge is 0.308 e. The zero-order valence-corrected chi connectivity index (χ0v) is 13.2. The van der Waals surface area contributed by atoms with Crippen molar-refractivity contribution in [3.8, 4) is 0 Å². The molecule has 0 aromatic heterocycles. The molecule has 2 rings (SSSR count). The summed E-state index contributed by atoms with van der Waals surface area (Å²) >= 11 is 1.33. The Morgan fingerprint density at radius 3 is 2.86 bits per heavy atom. The van der Waals surface area contributed by atoms with E-state index in [0.717, 1.165) is 10.6 Å². The van der Waals surface area contributed by atoms with Gasteiger partial charge < -0.3 is 15.4 Å². The van der Waals surface area contributed by atoms with Gasteiger partial charge in [0.25, 0.3) is 5.91 Å². The molecule has 0 radical (unpaired) electrons. The van der Waals surface area contributed by atoms with Gasteiger partial charge in [0.2, 0.25) is 5.91 Å². The Morgan fingerprint density at radius 2 is 2.14 bits per heavy atom. The topological polar surface area (TPSA) is 84.5 Å². The Morgan fingerprint density at radius 1 is 1.41 bits per heavy atom. The molecule has 1 aromatic rings. The predicted octanol–water partition coefficient (Wildman–Crippen LogP) is 1.56. The first kappa shape index (κ1) is 16.4. The molecular formula is C15H18N2O4S. The van der Waals surface area contributed by atoms with Gasteiger partial charge in [-0.3, -0.25) is 14.4 Å². The van der Waals surface area contributed by atoms with Crippen molar-refractivity contribution in [1.29, 1.82) is 0 Å². The maximum Gasteiger partial charge on any atom is 0.308 e. The molecule has 0 bridgehead atoms. The number of rotatable bonds is 5. The molecule has 0 saturated heterocycles. The van der Waals surface area contributed by atoms with Crippen LogP contribution in [-0.2, 0) is 19.1 Å². The number of anilines is 1. The number of hydrogen-bond acceptors (Lipinski definition) is 5. The summed E-state index contributed by atoms with van der Waals surface area (Å²) in [5, 5.41) is 4.79. The zero-order chi connectivity index (χ0) is 16.1. The van der Waals surface area contributed by atoms with Crippen molar-refractivity contribution in [3.63, 3.8) is 0 Å². The Balaban J connectivity index is 1.92. The third-order valence-corrected chi connectivity index (χ3v) is 4.36. The summed E-state index contributed by atoms with van der Waals surface area (Å²) in [6, 6.07) is 7.40. The van der Waals surface area contributed by atoms with E-state index in [2.05, 4.69) is 10.6 Å². The number of nitrogens with one attached hydrogen (secondary N) is 2. The van der Waals surface area contributed by atoms with Gasteiger partial charge in [-0.2, -0.15) is 0 Å². The molecule has 118 valence electrons. The third-order valence-electron chi connectivity index (χ3n) is 3.09. The van der Waals surface area contributed by atoms with Crippen molar-refractivity contribution in [2.75, 3.05) is 11.9 Å². The van der Waals surface area contributed by atoms with Crippen LogP contribution in [0.4, 0.5) is 5.69 Å². The molecule has 0 spiro atoms. The van der Waals surface area contributed by atoms with Gasteiger partial charge in [0.15, 0.2) is 6.10 Å². The standard InChI is InChI=1S/C15H18N2O4S/c1-3-16-14(19)9(2)21-13(18)8-12-15(20)17-10-6-4-5-7-11(10)22-12/h4-7,9,12H,3,8H2,1-2H3,(H,16,19)(H,17,20)/t9-,12+/m0/s1. The lowest BCUT2D eigenvalue weighted by atomic mass is 10.2. The van der Waals surface area contributed by atoms with Crippen molar-refractivity contribution in [2.24, 2.45) is 0 Å². The average Bonchev–Trinajstić information content (AvgIpc) is 2.48. The number of thioether (sulfide) groups is 1. The number of para-hydroxylation sites is 1. The number of hydrogen-bond donors (Lipinski definition) is 2. The molecule has 0 saturated carbocycles. The van der Waals surface area contributed by atoms with Crippen LogP contribution in [0.15, 0.2) is 29.2 Å². The van der Waals surface area contributed by atoms with Crippen LogP contribution < -0.4 is 10.6 Å². The number of amides is 2. The van der Waals surface area contributed by atoms with E-state index in [1.165, 1.54) is 18.7 Å². The molecule has 7 heteroatoms. The first-order valence-corrected chi connectivity index (χ1v) is 7.93. The molecular weight excluding hydrogens is 304 g/mol. The SMILES string of the molecule is CCNC(=O)[C@H](C)OC(=O)C[C@H]1Sc2ccccc2NC1=O. The number of benzene rings is 1. The van der Waals surface area contributed by atoms with Crippen LogP contribution in [0.3, 0.4) is 0 Å². The molecule has 1 aliphatic rings. The van der Waals surface area contributed by atoms with Gasteiger partial charge in [-0.1, -0.05) is 12.1 Å². The first-order chi connectivity index (χ1) is 10.5. The summed E-state index contributed by atoms with van der Waals surface area (Å²) in [5.74, 6) is -1.14. The van der Waals surface area contributed by atoms with Gasteiger partial charge >= 0.3 is 5.97 Å². The molecule has 2 atom stereocenters. The second-order valence-corrected chi connectivity index (χ2v) is 6.07. The van der Waals surface area contributed by atoms with E-state index in [9.17, 15) is 14.4 Å². The monoisotopic (exact) mass is 322 g/mol. The number of likely N-dealkylation sites (N-methyl/N-ethyl adjacent to an activating group) is 1. The molecule has 0 aliphatic carbocycles. The second kappa shape index (κ2) is 7.31. The summed E-state index contributed by atoms with van der Waals surface area (Å²) in [4.78, 5) is 36.3. The molecule has 1 aromatic carbocycles. The molecule has 6 nitrogen and oxygen atoms in total. The number of ether oxygens (including phenoxy) is 1. The Labute approximate surface area is 133 Å². The molecule has 22 heavy (non-hydrogen) atoms. The van der Waals surface area contributed by atoms with E-state index < -0.39 is 17.3 Å². The third kappa shape index (κ3) is 4.00. The van der Waals surface area contributed by atoms with E-state index in [1.807, 2.05) is 24.3 Å². The lowest BCUT2D eigenvalue weighted by molar-refractivity contribution is -0.155. The predicted molar refractivity (Wildman–Crippen MR) is 83.6 cm³/mol. The van der Waals surface area contributed by atoms with E-state index in [1.54, 1.807) is 6.92 Å². The van der Waals surface area contributed by atoms with Gasteiger partial charge in [0.05, 0.1) is 17.4 Å². The maximum atomic E-state index is 12.0. The highest BCUT2D eigenvalue weighted by atomic mass is 32.2. The van der Waals surface area contributed by atoms with Crippen LogP contribution in [0.25, 0.3) is 0 Å². The first-order valence-electron chi connectivity index (χ1n) is 7.05. The lowest BCUT2D eigenvalue weighted by Gasteiger charge is -2.23. The minimum Gasteiger partial charge on any atom is -0.453 e. The fourth-order valence-electron chi connectivity index (χ4n) is 2.00. The molecule has 2 N–H and O–H groups in total. The van der Waals surface area contributed by atoms with Crippen LogP contribution in [0.5, 0.6) is 0 Å². The summed E-state index contributed by atoms with van der Waals surface area (Å²) < 4.78 is 5.06. The zero-order valence-electron chi connectivity index (χ0n) is 12.4. The van der Waals surface area contributed by atoms with E-state index in [4.69, 9.17) is 4.74 Å². The number of fused-ring (bicyclic) bond motifs is 1. The maximum absolute atomic E-state index is 12.0. The van der Waals surface area contributed by atoms with E-state index >= 15 is 0 Å². The Hall–Kier alpha value is -2.02. The summed E-state index contributed by atoms with van der Waals surface area (Å²) in [6.45, 7) is 3.76. The minimum atomic E-state index is -0.864. The van der Waals surface area contributed by atoms with Crippen LogP contribution in [0, 0.1) is 0 Å². The normalized spacial score (nSPS) is 17.9. The summed E-state index contributed by atoms with van der Waals surface area (Å²) in [5.41, 5.74) is 0.748. The number of carbonyl (C=O) groups excluding carboxylic acids is 3. The highest BCUT2D eigenvalue weighted by Gasteiger charge is 2.30. The van der Waals surface area contributed by atoms with Crippen molar-refractivity contribution >= 4 is 35.2 Å². The summed E-state index contributed by atoms with van der Waals surface area (Å²) in [7, 11) is 0. The van der Waals surface area contributed by atoms with Crippen molar-refractivity contribution < 1.29 is 19.1 Å². The van der Waals surface area contributed by atoms with Crippen LogP contribution >= 0.6 is 11.8 Å². The van der Waals surface area contributed by atoms with Crippen molar-refractivity contribution in [3.05, 3.63) is 24.3 Å². The largest absolute Gasteiger partial charge is 0.453 e. The van der Waals surface area contributed by atoms with Crippen molar-refractivity contribution in [1.82, 2.24) is 5.32 Å². The van der Waals surface area contributed by atoms with Gasteiger partial charge in [0, 0.05) is 11.4 Å². The highest BCUT2D eigenvalue weighted by Crippen LogP contribution is 2.36. The quantitative estimate of drug-likeness (QED) is 0.804. The number of carbonyl (C=O) groups is 3. The second-order valence-electron chi connectivity index (χ2n) is 4.82. The average molecular weight is 322 g/mol. The molecule has 2 amide bonds. The minimum absolute atomic E-state index is 0.0748. The molecule has 1 heterocycles. The van der Waals surface area contributed by atoms with Gasteiger partial charge in [-0.15, -0.1) is 11.8 Å². The van der Waals surface area contributed by atoms with E-state index in [-0.39, 0.29) is 18.2 Å². The van der Waals surface area contributed by atoms with Crippen LogP contribution in [0.2, 0.25) is 0 Å². The van der Waals surface area contributed by atoms with Gasteiger partial charge in [0.1, 0.15) is 0 Å².